The summed E-state index contributed by atoms with van der Waals surface area (Å²) < 4.78 is 18.8. The average Bonchev–Trinajstić information content (AvgIpc) is 2.31. The summed E-state index contributed by atoms with van der Waals surface area (Å²) in [6.45, 7) is 4.20. The Balaban J connectivity index is 2.01. The number of ether oxygens (including phenoxy) is 1. The molecule has 1 aliphatic heterocycles. The molecule has 1 N–H and O–H groups in total. The van der Waals surface area contributed by atoms with Crippen molar-refractivity contribution in [1.82, 2.24) is 4.90 Å². The van der Waals surface area contributed by atoms with E-state index in [4.69, 9.17) is 4.74 Å². The fraction of sp³-hybridized carbons (Fsp3) is 0.500. The maximum atomic E-state index is 13.5. The van der Waals surface area contributed by atoms with Crippen molar-refractivity contribution in [2.24, 2.45) is 0 Å². The third kappa shape index (κ3) is 2.71. The summed E-state index contributed by atoms with van der Waals surface area (Å²) in [4.78, 5) is 2.28. The molecule has 1 aromatic rings. The number of nitrogens with one attached hydrogen (secondary N) is 1. The van der Waals surface area contributed by atoms with Crippen LogP contribution in [0.2, 0.25) is 0 Å². The standard InChI is InChI=1S/C12H17FN2O/c1-14-12-3-2-10(8-11(12)13)9-15-4-6-16-7-5-15/h2-3,8,14H,4-7,9H2,1H3. The summed E-state index contributed by atoms with van der Waals surface area (Å²) in [5.74, 6) is -0.187. The minimum atomic E-state index is -0.187. The van der Waals surface area contributed by atoms with Crippen LogP contribution in [0.25, 0.3) is 0 Å². The van der Waals surface area contributed by atoms with Gasteiger partial charge in [0.2, 0.25) is 0 Å². The molecule has 0 unspecified atom stereocenters. The minimum Gasteiger partial charge on any atom is -0.386 e. The molecule has 1 aliphatic rings. The van der Waals surface area contributed by atoms with E-state index in [9.17, 15) is 4.39 Å². The van der Waals surface area contributed by atoms with Crippen LogP contribution < -0.4 is 5.32 Å². The predicted octanol–water partition coefficient (Wildman–Crippen LogP) is 1.70. The highest BCUT2D eigenvalue weighted by Crippen LogP contribution is 2.16. The van der Waals surface area contributed by atoms with E-state index < -0.39 is 0 Å². The van der Waals surface area contributed by atoms with Gasteiger partial charge in [0.05, 0.1) is 18.9 Å². The first-order valence-electron chi connectivity index (χ1n) is 5.56. The number of hydrogen-bond acceptors (Lipinski definition) is 3. The first-order chi connectivity index (χ1) is 7.79. The van der Waals surface area contributed by atoms with Crippen molar-refractivity contribution in [3.8, 4) is 0 Å². The Bertz CT molecular complexity index is 351. The molecule has 4 heteroatoms. The molecule has 0 bridgehead atoms. The topological polar surface area (TPSA) is 24.5 Å². The van der Waals surface area contributed by atoms with Gasteiger partial charge in [0.1, 0.15) is 5.82 Å². The second kappa shape index (κ2) is 5.27. The zero-order valence-corrected chi connectivity index (χ0v) is 9.50. The van der Waals surface area contributed by atoms with Crippen LogP contribution in [0.4, 0.5) is 10.1 Å². The Morgan fingerprint density at radius 1 is 1.38 bits per heavy atom. The summed E-state index contributed by atoms with van der Waals surface area (Å²) in [7, 11) is 1.72. The van der Waals surface area contributed by atoms with Gasteiger partial charge in [0.15, 0.2) is 0 Å². The van der Waals surface area contributed by atoms with Gasteiger partial charge in [0.25, 0.3) is 0 Å². The fourth-order valence-electron chi connectivity index (χ4n) is 1.88. The van der Waals surface area contributed by atoms with Crippen LogP contribution in [-0.2, 0) is 11.3 Å². The number of hydrogen-bond donors (Lipinski definition) is 1. The lowest BCUT2D eigenvalue weighted by molar-refractivity contribution is 0.0341. The third-order valence-corrected chi connectivity index (χ3v) is 2.81. The predicted molar refractivity (Wildman–Crippen MR) is 62.0 cm³/mol. The monoisotopic (exact) mass is 224 g/mol. The molecule has 1 heterocycles. The second-order valence-corrected chi connectivity index (χ2v) is 3.95. The van der Waals surface area contributed by atoms with Crippen molar-refractivity contribution in [3.05, 3.63) is 29.6 Å². The fourth-order valence-corrected chi connectivity index (χ4v) is 1.88. The lowest BCUT2D eigenvalue weighted by atomic mass is 10.2. The summed E-state index contributed by atoms with van der Waals surface area (Å²) in [5, 5.41) is 2.82. The van der Waals surface area contributed by atoms with Crippen molar-refractivity contribution in [2.75, 3.05) is 38.7 Å². The SMILES string of the molecule is CNc1ccc(CN2CCOCC2)cc1F. The van der Waals surface area contributed by atoms with Gasteiger partial charge in [-0.05, 0) is 17.7 Å². The first kappa shape index (κ1) is 11.4. The molecule has 0 spiro atoms. The Kier molecular flexibility index (Phi) is 3.74. The van der Waals surface area contributed by atoms with Crippen LogP contribution >= 0.6 is 0 Å². The average molecular weight is 224 g/mol. The zero-order valence-electron chi connectivity index (χ0n) is 9.50. The van der Waals surface area contributed by atoms with Gasteiger partial charge >= 0.3 is 0 Å². The lowest BCUT2D eigenvalue weighted by Gasteiger charge is -2.26. The lowest BCUT2D eigenvalue weighted by Crippen LogP contribution is -2.35. The van der Waals surface area contributed by atoms with E-state index in [1.807, 2.05) is 6.07 Å². The molecule has 1 saturated heterocycles. The van der Waals surface area contributed by atoms with Gasteiger partial charge in [-0.1, -0.05) is 6.07 Å². The van der Waals surface area contributed by atoms with E-state index >= 15 is 0 Å². The summed E-state index contributed by atoms with van der Waals surface area (Å²) >= 11 is 0. The highest BCUT2D eigenvalue weighted by atomic mass is 19.1. The molecule has 3 nitrogen and oxygen atoms in total. The summed E-state index contributed by atoms with van der Waals surface area (Å²) in [6.07, 6.45) is 0. The largest absolute Gasteiger partial charge is 0.386 e. The van der Waals surface area contributed by atoms with Crippen molar-refractivity contribution >= 4 is 5.69 Å². The molecule has 1 aromatic carbocycles. The number of anilines is 1. The van der Waals surface area contributed by atoms with E-state index in [0.29, 0.717) is 5.69 Å². The maximum absolute atomic E-state index is 13.5. The van der Waals surface area contributed by atoms with E-state index in [1.165, 1.54) is 0 Å². The highest BCUT2D eigenvalue weighted by molar-refractivity contribution is 5.45. The Morgan fingerprint density at radius 3 is 2.75 bits per heavy atom. The van der Waals surface area contributed by atoms with Gasteiger partial charge in [-0.25, -0.2) is 4.39 Å². The van der Waals surface area contributed by atoms with E-state index in [2.05, 4.69) is 10.2 Å². The minimum absolute atomic E-state index is 0.187. The van der Waals surface area contributed by atoms with Crippen LogP contribution in [0.3, 0.4) is 0 Å². The number of halogens is 1. The van der Waals surface area contributed by atoms with E-state index in [1.54, 1.807) is 19.2 Å². The number of rotatable bonds is 3. The molecule has 0 aromatic heterocycles. The highest BCUT2D eigenvalue weighted by Gasteiger charge is 2.11. The second-order valence-electron chi connectivity index (χ2n) is 3.95. The third-order valence-electron chi connectivity index (χ3n) is 2.81. The van der Waals surface area contributed by atoms with Gasteiger partial charge in [-0.2, -0.15) is 0 Å². The molecular weight excluding hydrogens is 207 g/mol. The van der Waals surface area contributed by atoms with Crippen molar-refractivity contribution in [2.45, 2.75) is 6.54 Å². The Labute approximate surface area is 95.2 Å². The van der Waals surface area contributed by atoms with E-state index in [-0.39, 0.29) is 5.82 Å². The van der Waals surface area contributed by atoms with E-state index in [0.717, 1.165) is 38.4 Å². The maximum Gasteiger partial charge on any atom is 0.146 e. The van der Waals surface area contributed by atoms with Crippen LogP contribution in [0, 0.1) is 5.82 Å². The van der Waals surface area contributed by atoms with Crippen LogP contribution in [-0.4, -0.2) is 38.3 Å². The quantitative estimate of drug-likeness (QED) is 0.845. The first-order valence-corrected chi connectivity index (χ1v) is 5.56. The summed E-state index contributed by atoms with van der Waals surface area (Å²) in [6, 6.07) is 5.34. The molecule has 88 valence electrons. The number of benzene rings is 1. The van der Waals surface area contributed by atoms with Gasteiger partial charge in [-0.3, -0.25) is 4.90 Å². The van der Waals surface area contributed by atoms with Gasteiger partial charge < -0.3 is 10.1 Å². The molecule has 16 heavy (non-hydrogen) atoms. The molecule has 0 saturated carbocycles. The molecule has 1 fully saturated rings. The number of nitrogens with zero attached hydrogens (tertiary/aromatic N) is 1. The molecule has 0 amide bonds. The molecule has 0 radical (unpaired) electrons. The smallest absolute Gasteiger partial charge is 0.146 e. The van der Waals surface area contributed by atoms with Crippen molar-refractivity contribution < 1.29 is 9.13 Å². The van der Waals surface area contributed by atoms with Crippen LogP contribution in [0.5, 0.6) is 0 Å². The number of morpholine rings is 1. The zero-order chi connectivity index (χ0) is 11.4. The Morgan fingerprint density at radius 2 is 2.12 bits per heavy atom. The normalized spacial score (nSPS) is 17.4. The summed E-state index contributed by atoms with van der Waals surface area (Å²) in [5.41, 5.74) is 1.56. The van der Waals surface area contributed by atoms with Crippen LogP contribution in [0.1, 0.15) is 5.56 Å². The van der Waals surface area contributed by atoms with Gasteiger partial charge in [0, 0.05) is 26.7 Å². The molecule has 0 aliphatic carbocycles. The van der Waals surface area contributed by atoms with Crippen LogP contribution in [0.15, 0.2) is 18.2 Å². The molecule has 0 atom stereocenters. The Hall–Kier alpha value is -1.13. The molecular formula is C12H17FN2O. The van der Waals surface area contributed by atoms with Gasteiger partial charge in [-0.15, -0.1) is 0 Å². The van der Waals surface area contributed by atoms with Crippen molar-refractivity contribution in [1.29, 1.82) is 0 Å². The van der Waals surface area contributed by atoms with Crippen molar-refractivity contribution in [3.63, 3.8) is 0 Å². The molecule has 2 rings (SSSR count).